The summed E-state index contributed by atoms with van der Waals surface area (Å²) in [4.78, 5) is 16.2. The first kappa shape index (κ1) is 18.2. The molecule has 0 saturated carbocycles. The van der Waals surface area contributed by atoms with Gasteiger partial charge in [-0.15, -0.1) is 5.10 Å². The molecule has 0 bridgehead atoms. The smallest absolute Gasteiger partial charge is 0.236 e. The summed E-state index contributed by atoms with van der Waals surface area (Å²) in [7, 11) is 0. The summed E-state index contributed by atoms with van der Waals surface area (Å²) in [6.07, 6.45) is 0. The molecule has 1 atom stereocenters. The van der Waals surface area contributed by atoms with Crippen LogP contribution in [-0.4, -0.2) is 69.0 Å². The Bertz CT molecular complexity index is 731. The number of hydrogen-bond acceptors (Lipinski definition) is 5. The van der Waals surface area contributed by atoms with E-state index in [9.17, 15) is 4.79 Å². The Morgan fingerprint density at radius 3 is 2.84 bits per heavy atom. The number of piperazine rings is 1. The molecule has 0 radical (unpaired) electrons. The second-order valence-corrected chi connectivity index (χ2v) is 7.79. The van der Waals surface area contributed by atoms with Gasteiger partial charge in [0.05, 0.1) is 43.7 Å². The molecular weight excluding hydrogens is 360 g/mol. The molecule has 0 unspecified atom stereocenters. The molecule has 9 heteroatoms. The zero-order chi connectivity index (χ0) is 17.8. The quantitative estimate of drug-likeness (QED) is 0.766. The summed E-state index contributed by atoms with van der Waals surface area (Å²) in [5.74, 6) is 0.140. The first-order valence-electron chi connectivity index (χ1n) is 8.41. The molecule has 2 aromatic rings. The van der Waals surface area contributed by atoms with Crippen LogP contribution in [0.1, 0.15) is 13.8 Å². The number of nitrogens with one attached hydrogen (secondary N) is 1. The van der Waals surface area contributed by atoms with E-state index in [0.29, 0.717) is 10.2 Å². The summed E-state index contributed by atoms with van der Waals surface area (Å²) in [5.41, 5.74) is 0.778. The molecule has 1 N–H and O–H groups in total. The number of rotatable bonds is 5. The van der Waals surface area contributed by atoms with Crippen molar-refractivity contribution in [3.05, 3.63) is 29.3 Å². The van der Waals surface area contributed by atoms with Gasteiger partial charge in [0.15, 0.2) is 0 Å². The first-order valence-corrected chi connectivity index (χ1v) is 9.67. The van der Waals surface area contributed by atoms with Gasteiger partial charge < -0.3 is 9.80 Å². The fourth-order valence-electron chi connectivity index (χ4n) is 2.88. The van der Waals surface area contributed by atoms with E-state index >= 15 is 0 Å². The Morgan fingerprint density at radius 1 is 1.40 bits per heavy atom. The van der Waals surface area contributed by atoms with Gasteiger partial charge in [-0.1, -0.05) is 29.4 Å². The number of aromatic nitrogens is 4. The number of benzene rings is 1. The summed E-state index contributed by atoms with van der Waals surface area (Å²) >= 11 is 7.42. The zero-order valence-electron chi connectivity index (χ0n) is 14.4. The molecule has 0 aliphatic carbocycles. The van der Waals surface area contributed by atoms with E-state index in [2.05, 4.69) is 22.4 Å². The molecule has 134 valence electrons. The minimum Gasteiger partial charge on any atom is -0.332 e. The summed E-state index contributed by atoms with van der Waals surface area (Å²) in [6, 6.07) is 7.32. The average Bonchev–Trinajstić information content (AvgIpc) is 3.09. The Balaban J connectivity index is 1.67. The molecule has 1 amide bonds. The second kappa shape index (κ2) is 8.16. The number of tetrazole rings is 1. The van der Waals surface area contributed by atoms with Crippen LogP contribution in [0.15, 0.2) is 29.4 Å². The molecular formula is C16H22ClN6OS+. The summed E-state index contributed by atoms with van der Waals surface area (Å²) in [5, 5.41) is 12.8. The van der Waals surface area contributed by atoms with Crippen LogP contribution in [-0.2, 0) is 4.79 Å². The standard InChI is InChI=1S/C16H21ClN6OS/c1-3-21-7-9-22(10-8-21)15(24)12(2)25-16-18-19-20-23(16)14-6-4-5-13(17)11-14/h4-6,11-12H,3,7-10H2,1-2H3/p+1/t12-/m1/s1. The average molecular weight is 382 g/mol. The van der Waals surface area contributed by atoms with Crippen molar-refractivity contribution in [2.75, 3.05) is 32.7 Å². The van der Waals surface area contributed by atoms with Crippen LogP contribution in [0.2, 0.25) is 5.02 Å². The number of quaternary nitrogens is 1. The molecule has 1 aliphatic heterocycles. The number of amides is 1. The number of nitrogens with zero attached hydrogens (tertiary/aromatic N) is 5. The lowest BCUT2D eigenvalue weighted by Gasteiger charge is -2.32. The predicted octanol–water partition coefficient (Wildman–Crippen LogP) is 0.543. The monoisotopic (exact) mass is 381 g/mol. The molecule has 2 heterocycles. The van der Waals surface area contributed by atoms with Crippen molar-refractivity contribution in [3.8, 4) is 5.69 Å². The number of carbonyl (C=O) groups excluding carboxylic acids is 1. The lowest BCUT2D eigenvalue weighted by Crippen LogP contribution is -3.14. The fourth-order valence-corrected chi connectivity index (χ4v) is 3.96. The van der Waals surface area contributed by atoms with Crippen molar-refractivity contribution < 1.29 is 9.69 Å². The maximum absolute atomic E-state index is 12.7. The van der Waals surface area contributed by atoms with Gasteiger partial charge in [-0.2, -0.15) is 4.68 Å². The molecule has 1 aliphatic rings. The third kappa shape index (κ3) is 4.31. The van der Waals surface area contributed by atoms with Gasteiger partial charge in [0.25, 0.3) is 0 Å². The highest BCUT2D eigenvalue weighted by molar-refractivity contribution is 8.00. The van der Waals surface area contributed by atoms with Crippen LogP contribution >= 0.6 is 23.4 Å². The molecule has 0 spiro atoms. The number of carbonyl (C=O) groups is 1. The van der Waals surface area contributed by atoms with Crippen LogP contribution in [0.25, 0.3) is 5.69 Å². The molecule has 7 nitrogen and oxygen atoms in total. The second-order valence-electron chi connectivity index (χ2n) is 6.04. The van der Waals surface area contributed by atoms with Crippen molar-refractivity contribution in [2.24, 2.45) is 0 Å². The largest absolute Gasteiger partial charge is 0.332 e. The van der Waals surface area contributed by atoms with E-state index in [1.807, 2.05) is 24.0 Å². The summed E-state index contributed by atoms with van der Waals surface area (Å²) < 4.78 is 1.61. The first-order chi connectivity index (χ1) is 12.1. The van der Waals surface area contributed by atoms with E-state index in [0.717, 1.165) is 38.4 Å². The number of halogens is 1. The lowest BCUT2D eigenvalue weighted by molar-refractivity contribution is -0.902. The molecule has 3 rings (SSSR count). The normalized spacial score (nSPS) is 16.8. The highest BCUT2D eigenvalue weighted by Gasteiger charge is 2.28. The minimum atomic E-state index is -0.243. The number of thioether (sulfide) groups is 1. The van der Waals surface area contributed by atoms with Crippen LogP contribution in [0.3, 0.4) is 0 Å². The van der Waals surface area contributed by atoms with Crippen molar-refractivity contribution >= 4 is 29.3 Å². The van der Waals surface area contributed by atoms with Gasteiger partial charge in [-0.25, -0.2) is 0 Å². The molecule has 25 heavy (non-hydrogen) atoms. The van der Waals surface area contributed by atoms with Crippen molar-refractivity contribution in [2.45, 2.75) is 24.3 Å². The van der Waals surface area contributed by atoms with Gasteiger partial charge in [0, 0.05) is 5.02 Å². The maximum Gasteiger partial charge on any atom is 0.236 e. The number of likely N-dealkylation sites (N-methyl/N-ethyl adjacent to an activating group) is 1. The fraction of sp³-hybridized carbons (Fsp3) is 0.500. The highest BCUT2D eigenvalue weighted by Crippen LogP contribution is 2.25. The molecule has 1 saturated heterocycles. The maximum atomic E-state index is 12.7. The Hall–Kier alpha value is -1.64. The van der Waals surface area contributed by atoms with E-state index in [1.54, 1.807) is 21.7 Å². The molecule has 1 aromatic carbocycles. The minimum absolute atomic E-state index is 0.140. The topological polar surface area (TPSA) is 68.3 Å². The van der Waals surface area contributed by atoms with Crippen molar-refractivity contribution in [1.29, 1.82) is 0 Å². The number of hydrogen-bond donors (Lipinski definition) is 1. The van der Waals surface area contributed by atoms with Gasteiger partial charge in [0.2, 0.25) is 11.1 Å². The van der Waals surface area contributed by atoms with Gasteiger partial charge in [-0.3, -0.25) is 4.79 Å². The lowest BCUT2D eigenvalue weighted by atomic mass is 10.3. The predicted molar refractivity (Wildman–Crippen MR) is 97.3 cm³/mol. The summed E-state index contributed by atoms with van der Waals surface area (Å²) in [6.45, 7) is 8.85. The highest BCUT2D eigenvalue weighted by atomic mass is 35.5. The van der Waals surface area contributed by atoms with Crippen molar-refractivity contribution in [1.82, 2.24) is 25.1 Å². The Labute approximate surface area is 156 Å². The van der Waals surface area contributed by atoms with E-state index in [4.69, 9.17) is 11.6 Å². The van der Waals surface area contributed by atoms with Crippen LogP contribution in [0.5, 0.6) is 0 Å². The van der Waals surface area contributed by atoms with E-state index in [1.165, 1.54) is 11.8 Å². The third-order valence-corrected chi connectivity index (χ3v) is 5.66. The van der Waals surface area contributed by atoms with Crippen LogP contribution in [0, 0.1) is 0 Å². The van der Waals surface area contributed by atoms with E-state index in [-0.39, 0.29) is 11.2 Å². The Kier molecular flexibility index (Phi) is 5.93. The molecule has 1 fully saturated rings. The third-order valence-electron chi connectivity index (χ3n) is 4.41. The van der Waals surface area contributed by atoms with Gasteiger partial charge >= 0.3 is 0 Å². The van der Waals surface area contributed by atoms with Crippen LogP contribution in [0.4, 0.5) is 0 Å². The van der Waals surface area contributed by atoms with Gasteiger partial charge in [0.1, 0.15) is 0 Å². The zero-order valence-corrected chi connectivity index (χ0v) is 15.9. The van der Waals surface area contributed by atoms with E-state index < -0.39 is 0 Å². The molecule has 1 aromatic heterocycles. The van der Waals surface area contributed by atoms with Crippen LogP contribution < -0.4 is 4.90 Å². The van der Waals surface area contributed by atoms with Crippen molar-refractivity contribution in [3.63, 3.8) is 0 Å². The van der Waals surface area contributed by atoms with Gasteiger partial charge in [-0.05, 0) is 42.5 Å². The SMILES string of the molecule is CC[NH+]1CCN(C(=O)[C@@H](C)Sc2nnnn2-c2cccc(Cl)c2)CC1. The Morgan fingerprint density at radius 2 is 2.16 bits per heavy atom.